The second-order valence-corrected chi connectivity index (χ2v) is 10.3. The summed E-state index contributed by atoms with van der Waals surface area (Å²) in [4.78, 5) is 32.6. The van der Waals surface area contributed by atoms with Crippen LogP contribution in [0, 0.1) is 12.8 Å². The van der Waals surface area contributed by atoms with E-state index in [2.05, 4.69) is 18.3 Å². The van der Waals surface area contributed by atoms with Gasteiger partial charge in [0.2, 0.25) is 0 Å². The first kappa shape index (κ1) is 23.2. The lowest BCUT2D eigenvalue weighted by molar-refractivity contribution is 0.0526. The summed E-state index contributed by atoms with van der Waals surface area (Å²) in [5.74, 6) is -0.0645. The van der Waals surface area contributed by atoms with Crippen LogP contribution >= 0.6 is 11.3 Å². The van der Waals surface area contributed by atoms with Crippen LogP contribution in [0.5, 0.6) is 0 Å². The Morgan fingerprint density at radius 3 is 2.77 bits per heavy atom. The molecule has 178 valence electrons. The maximum atomic E-state index is 13.7. The summed E-state index contributed by atoms with van der Waals surface area (Å²) >= 11 is 1.50. The number of nitrogens with one attached hydrogen (secondary N) is 1. The lowest BCUT2D eigenvalue weighted by atomic mass is 9.88. The molecule has 2 aromatic carbocycles. The van der Waals surface area contributed by atoms with Crippen molar-refractivity contribution < 1.29 is 14.3 Å². The fourth-order valence-corrected chi connectivity index (χ4v) is 6.14. The van der Waals surface area contributed by atoms with Crippen molar-refractivity contribution in [1.82, 2.24) is 4.98 Å². The van der Waals surface area contributed by atoms with Gasteiger partial charge in [-0.25, -0.2) is 9.78 Å². The molecule has 5 nitrogen and oxygen atoms in total. The number of carbonyl (C=O) groups is 2. The third kappa shape index (κ3) is 4.58. The number of esters is 1. The van der Waals surface area contributed by atoms with Crippen molar-refractivity contribution in [2.45, 2.75) is 40.0 Å². The Morgan fingerprint density at radius 2 is 1.97 bits per heavy atom. The second kappa shape index (κ2) is 9.62. The molecular weight excluding hydrogens is 456 g/mol. The van der Waals surface area contributed by atoms with E-state index in [-0.39, 0.29) is 11.9 Å². The van der Waals surface area contributed by atoms with Crippen molar-refractivity contribution in [3.05, 3.63) is 81.7 Å². The Labute approximate surface area is 209 Å². The van der Waals surface area contributed by atoms with Crippen LogP contribution < -0.4 is 5.32 Å². The predicted molar refractivity (Wildman–Crippen MR) is 141 cm³/mol. The average Bonchev–Trinajstić information content (AvgIpc) is 3.20. The number of rotatable bonds is 5. The van der Waals surface area contributed by atoms with E-state index in [1.54, 1.807) is 6.92 Å². The van der Waals surface area contributed by atoms with Gasteiger partial charge in [-0.05, 0) is 62.8 Å². The molecule has 0 fully saturated rings. The van der Waals surface area contributed by atoms with Crippen LogP contribution in [-0.4, -0.2) is 23.5 Å². The van der Waals surface area contributed by atoms with Crippen molar-refractivity contribution in [2.24, 2.45) is 5.92 Å². The van der Waals surface area contributed by atoms with Crippen molar-refractivity contribution in [2.75, 3.05) is 11.9 Å². The lowest BCUT2D eigenvalue weighted by Gasteiger charge is -2.18. The number of fused-ring (bicyclic) bond motifs is 2. The number of aromatic nitrogens is 1. The van der Waals surface area contributed by atoms with Gasteiger partial charge in [-0.2, -0.15) is 0 Å². The maximum Gasteiger partial charge on any atom is 0.341 e. The average molecular weight is 485 g/mol. The van der Waals surface area contributed by atoms with Gasteiger partial charge in [-0.3, -0.25) is 4.79 Å². The van der Waals surface area contributed by atoms with Crippen molar-refractivity contribution in [3.63, 3.8) is 0 Å². The van der Waals surface area contributed by atoms with Gasteiger partial charge >= 0.3 is 5.97 Å². The number of carbonyl (C=O) groups excluding carboxylic acids is 2. The Hall–Kier alpha value is -3.51. The number of nitrogens with zero attached hydrogens (tertiary/aromatic N) is 1. The molecule has 0 unspecified atom stereocenters. The third-order valence-corrected chi connectivity index (χ3v) is 7.66. The summed E-state index contributed by atoms with van der Waals surface area (Å²) in [5, 5.41) is 4.42. The highest BCUT2D eigenvalue weighted by molar-refractivity contribution is 7.17. The molecule has 6 heteroatoms. The number of anilines is 1. The molecule has 2 heterocycles. The summed E-state index contributed by atoms with van der Waals surface area (Å²) in [5.41, 5.74) is 5.65. The number of hydrogen-bond donors (Lipinski definition) is 1. The number of hydrogen-bond acceptors (Lipinski definition) is 5. The number of pyridine rings is 1. The first-order valence-electron chi connectivity index (χ1n) is 12.0. The highest BCUT2D eigenvalue weighted by Crippen LogP contribution is 2.40. The van der Waals surface area contributed by atoms with Crippen LogP contribution in [0.4, 0.5) is 5.00 Å². The second-order valence-electron chi connectivity index (χ2n) is 9.17. The molecule has 1 amide bonds. The minimum atomic E-state index is -0.366. The molecule has 1 N–H and O–H groups in total. The fourth-order valence-electron chi connectivity index (χ4n) is 4.74. The normalized spacial score (nSPS) is 15.0. The zero-order chi connectivity index (χ0) is 24.5. The zero-order valence-electron chi connectivity index (χ0n) is 20.2. The van der Waals surface area contributed by atoms with Crippen LogP contribution in [0.25, 0.3) is 22.2 Å². The van der Waals surface area contributed by atoms with Gasteiger partial charge in [0.15, 0.2) is 0 Å². The molecule has 0 spiro atoms. The highest BCUT2D eigenvalue weighted by Gasteiger charge is 2.29. The monoisotopic (exact) mass is 484 g/mol. The smallest absolute Gasteiger partial charge is 0.341 e. The van der Waals surface area contributed by atoms with E-state index >= 15 is 0 Å². The Bertz CT molecular complexity index is 1440. The Kier molecular flexibility index (Phi) is 6.39. The molecule has 2 aromatic heterocycles. The molecule has 1 aliphatic rings. The molecule has 0 saturated heterocycles. The van der Waals surface area contributed by atoms with E-state index in [9.17, 15) is 9.59 Å². The maximum absolute atomic E-state index is 13.7. The van der Waals surface area contributed by atoms with Crippen molar-refractivity contribution >= 4 is 39.1 Å². The SMILES string of the molecule is CCOC(=O)c1c(NC(=O)c2cc(-c3cccc(C)c3)nc3ccccc23)sc2c1CC[C@@H](C)C2. The van der Waals surface area contributed by atoms with E-state index in [1.165, 1.54) is 16.2 Å². The molecule has 1 aliphatic carbocycles. The molecule has 1 atom stereocenters. The minimum absolute atomic E-state index is 0.255. The molecule has 0 radical (unpaired) electrons. The van der Waals surface area contributed by atoms with Gasteiger partial charge in [0.25, 0.3) is 5.91 Å². The first-order chi connectivity index (χ1) is 16.9. The standard InChI is InChI=1S/C29H28N2O3S/c1-4-34-29(33)26-21-13-12-18(3)15-25(21)35-28(26)31-27(32)22-16-24(19-9-7-8-17(2)14-19)30-23-11-6-5-10-20(22)23/h5-11,14,16,18H,4,12-13,15H2,1-3H3,(H,31,32)/t18-/m1/s1. The van der Waals surface area contributed by atoms with E-state index in [4.69, 9.17) is 9.72 Å². The lowest BCUT2D eigenvalue weighted by Crippen LogP contribution is -2.17. The number of benzene rings is 2. The van der Waals surface area contributed by atoms with Crippen molar-refractivity contribution in [1.29, 1.82) is 0 Å². The summed E-state index contributed by atoms with van der Waals surface area (Å²) < 4.78 is 5.37. The van der Waals surface area contributed by atoms with Crippen LogP contribution in [0.2, 0.25) is 0 Å². The number of ether oxygens (including phenoxy) is 1. The molecule has 0 bridgehead atoms. The van der Waals surface area contributed by atoms with Crippen LogP contribution in [0.3, 0.4) is 0 Å². The molecule has 0 aliphatic heterocycles. The van der Waals surface area contributed by atoms with E-state index in [0.29, 0.717) is 28.7 Å². The van der Waals surface area contributed by atoms with Gasteiger partial charge < -0.3 is 10.1 Å². The van der Waals surface area contributed by atoms with Crippen LogP contribution in [-0.2, 0) is 17.6 Å². The van der Waals surface area contributed by atoms with Gasteiger partial charge in [0, 0.05) is 15.8 Å². The summed E-state index contributed by atoms with van der Waals surface area (Å²) in [7, 11) is 0. The number of thiophene rings is 1. The van der Waals surface area contributed by atoms with E-state index in [1.807, 2.05) is 55.5 Å². The van der Waals surface area contributed by atoms with Crippen LogP contribution in [0.15, 0.2) is 54.6 Å². The predicted octanol–water partition coefficient (Wildman–Crippen LogP) is 6.83. The van der Waals surface area contributed by atoms with Gasteiger partial charge in [-0.1, -0.05) is 48.9 Å². The van der Waals surface area contributed by atoms with E-state index < -0.39 is 0 Å². The third-order valence-electron chi connectivity index (χ3n) is 6.49. The zero-order valence-corrected chi connectivity index (χ0v) is 21.0. The first-order valence-corrected chi connectivity index (χ1v) is 12.9. The Balaban J connectivity index is 1.58. The molecule has 5 rings (SSSR count). The molecule has 35 heavy (non-hydrogen) atoms. The largest absolute Gasteiger partial charge is 0.462 e. The quantitative estimate of drug-likeness (QED) is 0.315. The van der Waals surface area contributed by atoms with Gasteiger partial charge in [0.1, 0.15) is 5.00 Å². The number of aryl methyl sites for hydroxylation is 1. The molecule has 4 aromatic rings. The van der Waals surface area contributed by atoms with Crippen LogP contribution in [0.1, 0.15) is 57.0 Å². The fraction of sp³-hybridized carbons (Fsp3) is 0.276. The number of amides is 1. The summed E-state index contributed by atoms with van der Waals surface area (Å²) in [6.45, 7) is 6.35. The summed E-state index contributed by atoms with van der Waals surface area (Å²) in [6.07, 6.45) is 2.77. The van der Waals surface area contributed by atoms with E-state index in [0.717, 1.165) is 52.5 Å². The molecule has 0 saturated carbocycles. The number of para-hydroxylation sites is 1. The Morgan fingerprint density at radius 1 is 1.14 bits per heavy atom. The highest BCUT2D eigenvalue weighted by atomic mass is 32.1. The minimum Gasteiger partial charge on any atom is -0.462 e. The van der Waals surface area contributed by atoms with Gasteiger partial charge in [0.05, 0.1) is 28.9 Å². The molecular formula is C29H28N2O3S. The summed E-state index contributed by atoms with van der Waals surface area (Å²) in [6, 6.07) is 17.6. The van der Waals surface area contributed by atoms with Gasteiger partial charge in [-0.15, -0.1) is 11.3 Å². The van der Waals surface area contributed by atoms with Crippen molar-refractivity contribution in [3.8, 4) is 11.3 Å². The topological polar surface area (TPSA) is 68.3 Å².